The lowest BCUT2D eigenvalue weighted by Gasteiger charge is -2.22. The van der Waals surface area contributed by atoms with Gasteiger partial charge in [-0.3, -0.25) is 9.59 Å². The lowest BCUT2D eigenvalue weighted by Crippen LogP contribution is -2.34. The molecule has 4 heteroatoms. The van der Waals surface area contributed by atoms with Crippen LogP contribution in [0.1, 0.15) is 39.5 Å². The van der Waals surface area contributed by atoms with Crippen molar-refractivity contribution in [3.05, 3.63) is 0 Å². The molecule has 0 aromatic heterocycles. The van der Waals surface area contributed by atoms with Gasteiger partial charge in [0, 0.05) is 0 Å². The molecule has 2 aliphatic heterocycles. The lowest BCUT2D eigenvalue weighted by molar-refractivity contribution is -0.156. The zero-order valence-corrected chi connectivity index (χ0v) is 9.12. The Bertz CT molecular complexity index is 299. The molecular formula is C11H16O4. The fourth-order valence-corrected chi connectivity index (χ4v) is 2.65. The third-order valence-electron chi connectivity index (χ3n) is 3.46. The summed E-state index contributed by atoms with van der Waals surface area (Å²) >= 11 is 0. The monoisotopic (exact) mass is 212 g/mol. The van der Waals surface area contributed by atoms with Gasteiger partial charge in [0.2, 0.25) is 0 Å². The van der Waals surface area contributed by atoms with Gasteiger partial charge in [-0.2, -0.15) is 0 Å². The Labute approximate surface area is 88.9 Å². The fourth-order valence-electron chi connectivity index (χ4n) is 2.65. The molecule has 0 amide bonds. The van der Waals surface area contributed by atoms with Crippen molar-refractivity contribution in [2.75, 3.05) is 0 Å². The molecule has 1 spiro atoms. The topological polar surface area (TPSA) is 52.6 Å². The van der Waals surface area contributed by atoms with Crippen molar-refractivity contribution < 1.29 is 19.1 Å². The first-order valence-electron chi connectivity index (χ1n) is 5.53. The van der Waals surface area contributed by atoms with Crippen LogP contribution in [-0.2, 0) is 19.1 Å². The van der Waals surface area contributed by atoms with E-state index in [4.69, 9.17) is 4.74 Å². The van der Waals surface area contributed by atoms with Crippen molar-refractivity contribution in [2.24, 2.45) is 5.41 Å². The van der Waals surface area contributed by atoms with Gasteiger partial charge in [-0.05, 0) is 19.3 Å². The van der Waals surface area contributed by atoms with Crippen molar-refractivity contribution in [2.45, 2.75) is 51.7 Å². The fraction of sp³-hybridized carbons (Fsp3) is 0.818. The molecule has 2 rings (SSSR count). The van der Waals surface area contributed by atoms with E-state index >= 15 is 0 Å². The quantitative estimate of drug-likeness (QED) is 0.513. The highest BCUT2D eigenvalue weighted by atomic mass is 16.6. The summed E-state index contributed by atoms with van der Waals surface area (Å²) in [6.07, 6.45) is 2.39. The zero-order chi connectivity index (χ0) is 11.1. The van der Waals surface area contributed by atoms with Crippen molar-refractivity contribution in [1.29, 1.82) is 0 Å². The SMILES string of the molecule is CCC1CC2(CC(=O)OC2=O)C(CC)O1. The van der Waals surface area contributed by atoms with E-state index in [9.17, 15) is 9.59 Å². The van der Waals surface area contributed by atoms with E-state index in [-0.39, 0.29) is 24.6 Å². The summed E-state index contributed by atoms with van der Waals surface area (Å²) < 4.78 is 10.4. The molecule has 0 radical (unpaired) electrons. The summed E-state index contributed by atoms with van der Waals surface area (Å²) in [4.78, 5) is 22.9. The first kappa shape index (κ1) is 10.6. The number of hydrogen-bond donors (Lipinski definition) is 0. The molecule has 2 aliphatic rings. The van der Waals surface area contributed by atoms with E-state index in [2.05, 4.69) is 4.74 Å². The van der Waals surface area contributed by atoms with Gasteiger partial charge in [0.1, 0.15) is 5.41 Å². The van der Waals surface area contributed by atoms with E-state index in [1.807, 2.05) is 13.8 Å². The van der Waals surface area contributed by atoms with Gasteiger partial charge in [0.15, 0.2) is 0 Å². The summed E-state index contributed by atoms with van der Waals surface area (Å²) in [7, 11) is 0. The standard InChI is InChI=1S/C11H16O4/c1-3-7-5-11(8(4-2)14-7)6-9(12)15-10(11)13/h7-8H,3-6H2,1-2H3. The Morgan fingerprint density at radius 1 is 1.33 bits per heavy atom. The van der Waals surface area contributed by atoms with Crippen molar-refractivity contribution in [1.82, 2.24) is 0 Å². The third-order valence-corrected chi connectivity index (χ3v) is 3.46. The molecule has 2 heterocycles. The highest BCUT2D eigenvalue weighted by Gasteiger charge is 2.59. The summed E-state index contributed by atoms with van der Waals surface area (Å²) in [5.41, 5.74) is -0.674. The van der Waals surface area contributed by atoms with E-state index in [1.54, 1.807) is 0 Å². The van der Waals surface area contributed by atoms with Gasteiger partial charge in [-0.15, -0.1) is 0 Å². The number of esters is 2. The molecule has 0 saturated carbocycles. The molecule has 3 atom stereocenters. The van der Waals surface area contributed by atoms with Crippen LogP contribution in [0, 0.1) is 5.41 Å². The molecule has 3 unspecified atom stereocenters. The van der Waals surface area contributed by atoms with E-state index in [0.29, 0.717) is 6.42 Å². The van der Waals surface area contributed by atoms with Crippen LogP contribution in [0.4, 0.5) is 0 Å². The van der Waals surface area contributed by atoms with Gasteiger partial charge in [0.05, 0.1) is 18.6 Å². The van der Waals surface area contributed by atoms with Gasteiger partial charge in [-0.1, -0.05) is 13.8 Å². The van der Waals surface area contributed by atoms with Gasteiger partial charge < -0.3 is 9.47 Å². The zero-order valence-electron chi connectivity index (χ0n) is 9.12. The van der Waals surface area contributed by atoms with Crippen LogP contribution in [-0.4, -0.2) is 24.1 Å². The van der Waals surface area contributed by atoms with Gasteiger partial charge in [0.25, 0.3) is 0 Å². The first-order chi connectivity index (χ1) is 7.12. The maximum absolute atomic E-state index is 11.7. The molecule has 84 valence electrons. The summed E-state index contributed by atoms with van der Waals surface area (Å²) in [5.74, 6) is -0.783. The Balaban J connectivity index is 2.26. The van der Waals surface area contributed by atoms with Crippen LogP contribution in [0.15, 0.2) is 0 Å². The number of carbonyl (C=O) groups is 2. The maximum Gasteiger partial charge on any atom is 0.323 e. The summed E-state index contributed by atoms with van der Waals surface area (Å²) in [5, 5.41) is 0. The number of rotatable bonds is 2. The summed E-state index contributed by atoms with van der Waals surface area (Å²) in [6.45, 7) is 4.00. The van der Waals surface area contributed by atoms with E-state index in [0.717, 1.165) is 12.8 Å². The second-order valence-corrected chi connectivity index (χ2v) is 4.36. The third kappa shape index (κ3) is 1.47. The number of hydrogen-bond acceptors (Lipinski definition) is 4. The van der Waals surface area contributed by atoms with Crippen LogP contribution in [0.2, 0.25) is 0 Å². The van der Waals surface area contributed by atoms with Crippen LogP contribution in [0.25, 0.3) is 0 Å². The predicted octanol–water partition coefficient (Wildman–Crippen LogP) is 1.42. The number of ether oxygens (including phenoxy) is 2. The van der Waals surface area contributed by atoms with Crippen LogP contribution < -0.4 is 0 Å². The second-order valence-electron chi connectivity index (χ2n) is 4.36. The molecule has 2 saturated heterocycles. The average Bonchev–Trinajstić information content (AvgIpc) is 2.69. The van der Waals surface area contributed by atoms with Crippen molar-refractivity contribution >= 4 is 11.9 Å². The highest BCUT2D eigenvalue weighted by Crippen LogP contribution is 2.48. The molecule has 15 heavy (non-hydrogen) atoms. The lowest BCUT2D eigenvalue weighted by atomic mass is 9.77. The Morgan fingerprint density at radius 3 is 2.53 bits per heavy atom. The molecule has 0 aromatic carbocycles. The smallest absolute Gasteiger partial charge is 0.323 e. The van der Waals surface area contributed by atoms with Crippen LogP contribution in [0.3, 0.4) is 0 Å². The average molecular weight is 212 g/mol. The van der Waals surface area contributed by atoms with E-state index < -0.39 is 11.4 Å². The molecule has 0 aromatic rings. The number of cyclic esters (lactones) is 2. The van der Waals surface area contributed by atoms with Crippen molar-refractivity contribution in [3.8, 4) is 0 Å². The molecular weight excluding hydrogens is 196 g/mol. The van der Waals surface area contributed by atoms with Crippen LogP contribution in [0.5, 0.6) is 0 Å². The molecule has 0 bridgehead atoms. The minimum atomic E-state index is -0.674. The molecule has 0 N–H and O–H groups in total. The minimum Gasteiger partial charge on any atom is -0.393 e. The Kier molecular flexibility index (Phi) is 2.54. The van der Waals surface area contributed by atoms with Crippen LogP contribution >= 0.6 is 0 Å². The molecule has 4 nitrogen and oxygen atoms in total. The predicted molar refractivity (Wildman–Crippen MR) is 52.0 cm³/mol. The van der Waals surface area contributed by atoms with Gasteiger partial charge >= 0.3 is 11.9 Å². The van der Waals surface area contributed by atoms with Gasteiger partial charge in [-0.25, -0.2) is 0 Å². The Morgan fingerprint density at radius 2 is 2.07 bits per heavy atom. The largest absolute Gasteiger partial charge is 0.393 e. The summed E-state index contributed by atoms with van der Waals surface area (Å²) in [6, 6.07) is 0. The minimum absolute atomic E-state index is 0.0911. The van der Waals surface area contributed by atoms with Crippen molar-refractivity contribution in [3.63, 3.8) is 0 Å². The molecule has 2 fully saturated rings. The second kappa shape index (κ2) is 3.59. The highest BCUT2D eigenvalue weighted by molar-refractivity contribution is 5.98. The normalized spacial score (nSPS) is 40.1. The molecule has 0 aliphatic carbocycles. The van der Waals surface area contributed by atoms with E-state index in [1.165, 1.54) is 0 Å². The maximum atomic E-state index is 11.7. The first-order valence-corrected chi connectivity index (χ1v) is 5.53. The number of carbonyl (C=O) groups excluding carboxylic acids is 2. The Hall–Kier alpha value is -0.900.